The number of nitrogens with one attached hydrogen (secondary N) is 3. The number of hydrogen-bond acceptors (Lipinski definition) is 4. The Morgan fingerprint density at radius 3 is 2.85 bits per heavy atom. The van der Waals surface area contributed by atoms with Crippen molar-refractivity contribution in [2.24, 2.45) is 5.92 Å². The normalized spacial score (nSPS) is 14.1. The largest absolute Gasteiger partial charge is 0.367 e. The number of hydrogen-bond donors (Lipinski definition) is 3. The number of carbonyl (C=O) groups excluding carboxylic acids is 1. The summed E-state index contributed by atoms with van der Waals surface area (Å²) in [7, 11) is 0. The van der Waals surface area contributed by atoms with E-state index >= 15 is 0 Å². The van der Waals surface area contributed by atoms with Crippen LogP contribution in [0.5, 0.6) is 0 Å². The summed E-state index contributed by atoms with van der Waals surface area (Å²) in [5, 5.41) is 9.96. The second-order valence-electron chi connectivity index (χ2n) is 4.83. The van der Waals surface area contributed by atoms with Crippen LogP contribution in [0.1, 0.15) is 12.8 Å². The number of anilines is 1. The lowest BCUT2D eigenvalue weighted by Gasteiger charge is -2.09. The monoisotopic (exact) mass is 316 g/mol. The van der Waals surface area contributed by atoms with Crippen LogP contribution in [0.2, 0.25) is 10.0 Å². The Morgan fingerprint density at radius 1 is 1.35 bits per heavy atom. The fourth-order valence-corrected chi connectivity index (χ4v) is 2.15. The van der Waals surface area contributed by atoms with Crippen molar-refractivity contribution in [2.75, 3.05) is 31.5 Å². The highest BCUT2D eigenvalue weighted by atomic mass is 35.5. The van der Waals surface area contributed by atoms with Gasteiger partial charge in [-0.3, -0.25) is 4.79 Å². The van der Waals surface area contributed by atoms with Crippen LogP contribution in [0, 0.1) is 5.92 Å². The number of carbonyl (C=O) groups is 1. The predicted molar refractivity (Wildman–Crippen MR) is 81.4 cm³/mol. The van der Waals surface area contributed by atoms with Gasteiger partial charge in [0.1, 0.15) is 5.82 Å². The minimum Gasteiger partial charge on any atom is -0.367 e. The number of amides is 1. The van der Waals surface area contributed by atoms with E-state index in [-0.39, 0.29) is 5.91 Å². The van der Waals surface area contributed by atoms with Gasteiger partial charge in [-0.1, -0.05) is 23.2 Å². The van der Waals surface area contributed by atoms with Crippen LogP contribution in [-0.4, -0.2) is 37.1 Å². The maximum absolute atomic E-state index is 11.5. The van der Waals surface area contributed by atoms with Crippen LogP contribution in [-0.2, 0) is 4.79 Å². The van der Waals surface area contributed by atoms with Crippen molar-refractivity contribution in [3.63, 3.8) is 0 Å². The Balaban J connectivity index is 1.56. The molecule has 20 heavy (non-hydrogen) atoms. The van der Waals surface area contributed by atoms with E-state index in [0.717, 1.165) is 12.5 Å². The summed E-state index contributed by atoms with van der Waals surface area (Å²) in [4.78, 5) is 15.6. The first-order valence-corrected chi connectivity index (χ1v) is 7.43. The first kappa shape index (κ1) is 15.4. The SMILES string of the molecule is O=C(CNCC1CC1)NCCNc1ncc(Cl)cc1Cl. The van der Waals surface area contributed by atoms with E-state index in [1.54, 1.807) is 6.07 Å². The zero-order valence-electron chi connectivity index (χ0n) is 11.1. The van der Waals surface area contributed by atoms with Crippen molar-refractivity contribution >= 4 is 34.9 Å². The Hall–Kier alpha value is -1.04. The number of pyridine rings is 1. The molecule has 1 aliphatic carbocycles. The minimum atomic E-state index is 0.00242. The van der Waals surface area contributed by atoms with Gasteiger partial charge in [0.25, 0.3) is 0 Å². The van der Waals surface area contributed by atoms with Crippen molar-refractivity contribution in [1.29, 1.82) is 0 Å². The molecule has 1 fully saturated rings. The molecular formula is C13H18Cl2N4O. The lowest BCUT2D eigenvalue weighted by atomic mass is 10.4. The van der Waals surface area contributed by atoms with Gasteiger partial charge in [0, 0.05) is 19.3 Å². The summed E-state index contributed by atoms with van der Waals surface area (Å²) >= 11 is 11.7. The highest BCUT2D eigenvalue weighted by Gasteiger charge is 2.20. The molecule has 0 atom stereocenters. The Morgan fingerprint density at radius 2 is 2.15 bits per heavy atom. The molecule has 110 valence electrons. The first-order chi connectivity index (χ1) is 9.65. The van der Waals surface area contributed by atoms with Gasteiger partial charge in [-0.25, -0.2) is 4.98 Å². The number of rotatable bonds is 8. The average Bonchev–Trinajstić information content (AvgIpc) is 3.21. The van der Waals surface area contributed by atoms with E-state index in [9.17, 15) is 4.79 Å². The summed E-state index contributed by atoms with van der Waals surface area (Å²) in [6.45, 7) is 2.39. The fourth-order valence-electron chi connectivity index (χ4n) is 1.70. The Bertz CT molecular complexity index is 466. The van der Waals surface area contributed by atoms with E-state index in [2.05, 4.69) is 20.9 Å². The molecule has 1 saturated carbocycles. The van der Waals surface area contributed by atoms with Crippen molar-refractivity contribution in [2.45, 2.75) is 12.8 Å². The van der Waals surface area contributed by atoms with Gasteiger partial charge < -0.3 is 16.0 Å². The molecule has 2 rings (SSSR count). The van der Waals surface area contributed by atoms with Crippen LogP contribution < -0.4 is 16.0 Å². The molecular weight excluding hydrogens is 299 g/mol. The summed E-state index contributed by atoms with van der Waals surface area (Å²) in [6.07, 6.45) is 4.09. The van der Waals surface area contributed by atoms with Crippen LogP contribution >= 0.6 is 23.2 Å². The second-order valence-corrected chi connectivity index (χ2v) is 5.68. The number of nitrogens with zero attached hydrogens (tertiary/aromatic N) is 1. The molecule has 0 radical (unpaired) electrons. The third kappa shape index (κ3) is 5.53. The van der Waals surface area contributed by atoms with Gasteiger partial charge in [0.15, 0.2) is 0 Å². The van der Waals surface area contributed by atoms with E-state index < -0.39 is 0 Å². The average molecular weight is 317 g/mol. The van der Waals surface area contributed by atoms with Crippen LogP contribution in [0.4, 0.5) is 5.82 Å². The molecule has 0 bridgehead atoms. The molecule has 1 heterocycles. The molecule has 5 nitrogen and oxygen atoms in total. The van der Waals surface area contributed by atoms with Crippen molar-refractivity contribution in [1.82, 2.24) is 15.6 Å². The molecule has 3 N–H and O–H groups in total. The Kier molecular flexibility index (Phi) is 5.88. The molecule has 0 spiro atoms. The van der Waals surface area contributed by atoms with Crippen molar-refractivity contribution < 1.29 is 4.79 Å². The van der Waals surface area contributed by atoms with E-state index in [1.807, 2.05) is 0 Å². The molecule has 1 amide bonds. The van der Waals surface area contributed by atoms with Gasteiger partial charge in [0.2, 0.25) is 5.91 Å². The number of halogens is 2. The standard InChI is InChI=1S/C13H18Cl2N4O/c14-10-5-11(15)13(19-7-10)18-4-3-17-12(20)8-16-6-9-1-2-9/h5,7,9,16H,1-4,6,8H2,(H,17,20)(H,18,19). The molecule has 1 aliphatic rings. The summed E-state index contributed by atoms with van der Waals surface area (Å²) < 4.78 is 0. The van der Waals surface area contributed by atoms with Gasteiger partial charge in [0.05, 0.1) is 16.6 Å². The maximum Gasteiger partial charge on any atom is 0.234 e. The lowest BCUT2D eigenvalue weighted by molar-refractivity contribution is -0.120. The molecule has 0 aromatic carbocycles. The smallest absolute Gasteiger partial charge is 0.234 e. The summed E-state index contributed by atoms with van der Waals surface area (Å²) in [5.74, 6) is 1.35. The van der Waals surface area contributed by atoms with E-state index in [4.69, 9.17) is 23.2 Å². The lowest BCUT2D eigenvalue weighted by Crippen LogP contribution is -2.37. The zero-order valence-corrected chi connectivity index (χ0v) is 12.6. The molecule has 0 saturated heterocycles. The van der Waals surface area contributed by atoms with Crippen LogP contribution in [0.15, 0.2) is 12.3 Å². The summed E-state index contributed by atoms with van der Waals surface area (Å²) in [6, 6.07) is 1.62. The van der Waals surface area contributed by atoms with Gasteiger partial charge in [-0.15, -0.1) is 0 Å². The number of aromatic nitrogens is 1. The third-order valence-electron chi connectivity index (χ3n) is 2.96. The first-order valence-electron chi connectivity index (χ1n) is 6.67. The quantitative estimate of drug-likeness (QED) is 0.641. The van der Waals surface area contributed by atoms with Gasteiger partial charge >= 0.3 is 0 Å². The summed E-state index contributed by atoms with van der Waals surface area (Å²) in [5.41, 5.74) is 0. The van der Waals surface area contributed by atoms with Crippen LogP contribution in [0.25, 0.3) is 0 Å². The molecule has 1 aromatic heterocycles. The highest BCUT2D eigenvalue weighted by Crippen LogP contribution is 2.27. The third-order valence-corrected chi connectivity index (χ3v) is 3.46. The highest BCUT2D eigenvalue weighted by molar-refractivity contribution is 6.35. The van der Waals surface area contributed by atoms with Gasteiger partial charge in [-0.2, -0.15) is 0 Å². The molecule has 7 heteroatoms. The van der Waals surface area contributed by atoms with Crippen LogP contribution in [0.3, 0.4) is 0 Å². The van der Waals surface area contributed by atoms with Gasteiger partial charge in [-0.05, 0) is 31.4 Å². The Labute approximate surface area is 128 Å². The predicted octanol–water partition coefficient (Wildman–Crippen LogP) is 1.92. The van der Waals surface area contributed by atoms with Crippen molar-refractivity contribution in [3.8, 4) is 0 Å². The van der Waals surface area contributed by atoms with E-state index in [0.29, 0.717) is 35.5 Å². The second kappa shape index (κ2) is 7.67. The maximum atomic E-state index is 11.5. The molecule has 0 unspecified atom stereocenters. The van der Waals surface area contributed by atoms with E-state index in [1.165, 1.54) is 19.0 Å². The minimum absolute atomic E-state index is 0.00242. The topological polar surface area (TPSA) is 66.1 Å². The molecule has 0 aliphatic heterocycles. The van der Waals surface area contributed by atoms with Crippen molar-refractivity contribution in [3.05, 3.63) is 22.3 Å². The fraction of sp³-hybridized carbons (Fsp3) is 0.538. The molecule has 1 aromatic rings. The zero-order chi connectivity index (χ0) is 14.4.